The highest BCUT2D eigenvalue weighted by atomic mass is 16.4. The number of ketones is 2. The van der Waals surface area contributed by atoms with Crippen molar-refractivity contribution in [2.24, 2.45) is 0 Å². The van der Waals surface area contributed by atoms with Gasteiger partial charge in [-0.05, 0) is 13.0 Å². The fourth-order valence-corrected chi connectivity index (χ4v) is 2.28. The number of fused-ring (bicyclic) bond motifs is 1. The molecule has 5 nitrogen and oxygen atoms in total. The highest BCUT2D eigenvalue weighted by molar-refractivity contribution is 6.29. The normalized spacial score (nSPS) is 18.3. The highest BCUT2D eigenvalue weighted by Gasteiger charge is 2.37. The Balaban J connectivity index is 2.69. The van der Waals surface area contributed by atoms with Crippen LogP contribution in [0.4, 0.5) is 0 Å². The molecule has 0 amide bonds. The predicted octanol–water partition coefficient (Wildman–Crippen LogP) is 3.89. The van der Waals surface area contributed by atoms with Gasteiger partial charge in [-0.1, -0.05) is 49.6 Å². The van der Waals surface area contributed by atoms with E-state index in [1.807, 2.05) is 0 Å². The summed E-state index contributed by atoms with van der Waals surface area (Å²) in [5.74, 6) is -0.848. The first-order chi connectivity index (χ1) is 11.6. The lowest BCUT2D eigenvalue weighted by molar-refractivity contribution is 0.0952. The number of Topliss-reactive ketones (excluding diaryl/α,β-unsaturated/α-hetero) is 2. The molecule has 1 aliphatic rings. The Bertz CT molecular complexity index is 808. The molecule has 5 heteroatoms. The summed E-state index contributed by atoms with van der Waals surface area (Å²) in [6.45, 7) is 8.93. The van der Waals surface area contributed by atoms with Crippen LogP contribution in [0.1, 0.15) is 33.9 Å². The van der Waals surface area contributed by atoms with Crippen LogP contribution in [0.15, 0.2) is 71.3 Å². The van der Waals surface area contributed by atoms with Crippen molar-refractivity contribution in [3.8, 4) is 0 Å². The van der Waals surface area contributed by atoms with Crippen molar-refractivity contribution in [3.05, 3.63) is 84.2 Å². The van der Waals surface area contributed by atoms with Crippen LogP contribution in [-0.2, 0) is 0 Å². The quantitative estimate of drug-likeness (QED) is 0.507. The molecule has 0 bridgehead atoms. The van der Waals surface area contributed by atoms with E-state index < -0.39 is 11.6 Å². The number of hydrogen-bond donors (Lipinski definition) is 1. The van der Waals surface area contributed by atoms with Gasteiger partial charge >= 0.3 is 0 Å². The second kappa shape index (κ2) is 7.28. The van der Waals surface area contributed by atoms with E-state index >= 15 is 0 Å². The van der Waals surface area contributed by atoms with Crippen LogP contribution < -0.4 is 0 Å². The Labute approximate surface area is 139 Å². The van der Waals surface area contributed by atoms with Gasteiger partial charge in [0.1, 0.15) is 0 Å². The molecule has 0 spiro atoms. The van der Waals surface area contributed by atoms with Crippen LogP contribution >= 0.6 is 0 Å². The minimum atomic E-state index is -0.439. The molecule has 0 aliphatic heterocycles. The number of nitrogens with zero attached hydrogens (tertiary/aromatic N) is 1. The summed E-state index contributed by atoms with van der Waals surface area (Å²) >= 11 is 0. The second-order valence-corrected chi connectivity index (χ2v) is 4.78. The lowest BCUT2D eigenvalue weighted by Gasteiger charge is -2.13. The minimum Gasteiger partial charge on any atom is -0.432 e. The van der Waals surface area contributed by atoms with Crippen molar-refractivity contribution in [2.75, 3.05) is 0 Å². The second-order valence-electron chi connectivity index (χ2n) is 4.78. The van der Waals surface area contributed by atoms with Gasteiger partial charge in [-0.2, -0.15) is 0 Å². The summed E-state index contributed by atoms with van der Waals surface area (Å²) in [6, 6.07) is 0. The van der Waals surface area contributed by atoms with E-state index in [0.717, 1.165) is 6.21 Å². The number of oxazole rings is 1. The van der Waals surface area contributed by atoms with Crippen LogP contribution in [0, 0.1) is 5.41 Å². The standard InChI is InChI=1S/C19H16N2O3/c1-4-7-12(10-11-20)19-21-15-16(22)13(8-5-2)14(9-6-3)17(23)18(15)24-19/h4-11,20H,2-3H2,1H3/b7-4-,12-10+,13-8+,14-9+,20-11?. The molecule has 1 aliphatic carbocycles. The van der Waals surface area contributed by atoms with Gasteiger partial charge in [-0.15, -0.1) is 0 Å². The van der Waals surface area contributed by atoms with Crippen molar-refractivity contribution < 1.29 is 14.0 Å². The third kappa shape index (κ3) is 2.92. The topological polar surface area (TPSA) is 84.0 Å². The Morgan fingerprint density at radius 2 is 1.75 bits per heavy atom. The van der Waals surface area contributed by atoms with Crippen molar-refractivity contribution in [1.29, 1.82) is 5.41 Å². The number of aromatic nitrogens is 1. The Hall–Kier alpha value is -3.34. The maximum Gasteiger partial charge on any atom is 0.231 e. The monoisotopic (exact) mass is 320 g/mol. The van der Waals surface area contributed by atoms with Crippen LogP contribution in [0.3, 0.4) is 0 Å². The lowest BCUT2D eigenvalue weighted by Crippen LogP contribution is -2.22. The number of nitrogens with one attached hydrogen (secondary N) is 1. The molecule has 0 fully saturated rings. The number of allylic oxidation sites excluding steroid dienone is 10. The van der Waals surface area contributed by atoms with E-state index in [1.54, 1.807) is 19.1 Å². The summed E-state index contributed by atoms with van der Waals surface area (Å²) in [7, 11) is 0. The fourth-order valence-electron chi connectivity index (χ4n) is 2.28. The number of carbonyl (C=O) groups is 2. The minimum absolute atomic E-state index is 0.0373. The van der Waals surface area contributed by atoms with Crippen molar-refractivity contribution in [2.45, 2.75) is 6.92 Å². The molecular formula is C19H16N2O3. The molecule has 0 saturated heterocycles. The predicted molar refractivity (Wildman–Crippen MR) is 93.3 cm³/mol. The van der Waals surface area contributed by atoms with Gasteiger partial charge in [0.15, 0.2) is 5.69 Å². The van der Waals surface area contributed by atoms with E-state index in [4.69, 9.17) is 9.83 Å². The van der Waals surface area contributed by atoms with Crippen molar-refractivity contribution in [3.63, 3.8) is 0 Å². The van der Waals surface area contributed by atoms with Gasteiger partial charge < -0.3 is 9.83 Å². The van der Waals surface area contributed by atoms with Gasteiger partial charge in [0, 0.05) is 22.9 Å². The van der Waals surface area contributed by atoms with Crippen LogP contribution in [0.5, 0.6) is 0 Å². The maximum atomic E-state index is 12.6. The molecular weight excluding hydrogens is 304 g/mol. The zero-order valence-corrected chi connectivity index (χ0v) is 13.2. The summed E-state index contributed by atoms with van der Waals surface area (Å²) in [5.41, 5.74) is 0.843. The molecule has 1 aromatic heterocycles. The molecule has 0 atom stereocenters. The lowest BCUT2D eigenvalue weighted by atomic mass is 9.88. The summed E-state index contributed by atoms with van der Waals surface area (Å²) in [6.07, 6.45) is 11.8. The molecule has 0 radical (unpaired) electrons. The molecule has 1 N–H and O–H groups in total. The average Bonchev–Trinajstić information content (AvgIpc) is 3.01. The number of hydrogen-bond acceptors (Lipinski definition) is 5. The fraction of sp³-hybridized carbons (Fsp3) is 0.0526. The number of carbonyl (C=O) groups excluding carboxylic acids is 2. The van der Waals surface area contributed by atoms with Crippen LogP contribution in [0.2, 0.25) is 0 Å². The molecule has 1 heterocycles. The van der Waals surface area contributed by atoms with E-state index in [2.05, 4.69) is 18.1 Å². The highest BCUT2D eigenvalue weighted by Crippen LogP contribution is 2.31. The Kier molecular flexibility index (Phi) is 5.16. The average molecular weight is 320 g/mol. The molecule has 0 unspecified atom stereocenters. The molecule has 1 aromatic rings. The smallest absolute Gasteiger partial charge is 0.231 e. The maximum absolute atomic E-state index is 12.6. The SMILES string of the molecule is C=C/C=C1/C(=O)c2nc(C(/C=C\C)=C/C=N)oc2C(=O)/C1=C/C=C. The van der Waals surface area contributed by atoms with E-state index in [9.17, 15) is 9.59 Å². The molecule has 0 aromatic carbocycles. The van der Waals surface area contributed by atoms with E-state index in [-0.39, 0.29) is 28.5 Å². The van der Waals surface area contributed by atoms with Crippen LogP contribution in [0.25, 0.3) is 5.57 Å². The van der Waals surface area contributed by atoms with Crippen LogP contribution in [-0.4, -0.2) is 22.8 Å². The van der Waals surface area contributed by atoms with Gasteiger partial charge in [0.25, 0.3) is 0 Å². The first-order valence-corrected chi connectivity index (χ1v) is 7.18. The summed E-state index contributed by atoms with van der Waals surface area (Å²) in [4.78, 5) is 29.4. The van der Waals surface area contributed by atoms with Gasteiger partial charge in [-0.25, -0.2) is 4.98 Å². The zero-order valence-electron chi connectivity index (χ0n) is 13.2. The Morgan fingerprint density at radius 1 is 1.12 bits per heavy atom. The molecule has 0 saturated carbocycles. The first kappa shape index (κ1) is 17.0. The van der Waals surface area contributed by atoms with Gasteiger partial charge in [0.2, 0.25) is 23.2 Å². The Morgan fingerprint density at radius 3 is 2.29 bits per heavy atom. The van der Waals surface area contributed by atoms with E-state index in [1.165, 1.54) is 30.4 Å². The third-order valence-electron chi connectivity index (χ3n) is 3.25. The molecule has 24 heavy (non-hydrogen) atoms. The zero-order chi connectivity index (χ0) is 17.7. The first-order valence-electron chi connectivity index (χ1n) is 7.18. The van der Waals surface area contributed by atoms with E-state index in [0.29, 0.717) is 5.57 Å². The summed E-state index contributed by atoms with van der Waals surface area (Å²) < 4.78 is 5.53. The summed E-state index contributed by atoms with van der Waals surface area (Å²) in [5, 5.41) is 7.20. The van der Waals surface area contributed by atoms with Crippen molar-refractivity contribution >= 4 is 23.4 Å². The third-order valence-corrected chi connectivity index (χ3v) is 3.25. The molecule has 2 rings (SSSR count). The molecule has 120 valence electrons. The van der Waals surface area contributed by atoms with Gasteiger partial charge in [-0.3, -0.25) is 9.59 Å². The number of rotatable bonds is 5. The van der Waals surface area contributed by atoms with Crippen molar-refractivity contribution in [1.82, 2.24) is 4.98 Å². The van der Waals surface area contributed by atoms with Gasteiger partial charge in [0.05, 0.1) is 0 Å². The largest absolute Gasteiger partial charge is 0.432 e.